The highest BCUT2D eigenvalue weighted by Gasteiger charge is 2.13. The molecule has 1 aliphatic heterocycles. The van der Waals surface area contributed by atoms with E-state index in [1.807, 2.05) is 6.07 Å². The lowest BCUT2D eigenvalue weighted by atomic mass is 10.2. The van der Waals surface area contributed by atoms with E-state index in [-0.39, 0.29) is 5.97 Å². The van der Waals surface area contributed by atoms with E-state index >= 15 is 0 Å². The van der Waals surface area contributed by atoms with Crippen molar-refractivity contribution in [3.63, 3.8) is 0 Å². The first kappa shape index (κ1) is 11.3. The average Bonchev–Trinajstić information content (AvgIpc) is 2.53. The summed E-state index contributed by atoms with van der Waals surface area (Å²) in [4.78, 5) is 12.4. The van der Waals surface area contributed by atoms with Crippen molar-refractivity contribution >= 4 is 17.9 Å². The van der Waals surface area contributed by atoms with Gasteiger partial charge in [0.25, 0.3) is 0 Å². The lowest BCUT2D eigenvalue weighted by Crippen LogP contribution is -2.10. The first-order valence-corrected chi connectivity index (χ1v) is 5.96. The number of nitrogens with one attached hydrogen (secondary N) is 1. The number of fused-ring (bicyclic) bond motifs is 1. The Kier molecular flexibility index (Phi) is 3.69. The number of carbonyl (C=O) groups is 1. The molecule has 5 heteroatoms. The van der Waals surface area contributed by atoms with Crippen LogP contribution in [0.25, 0.3) is 0 Å². The van der Waals surface area contributed by atoms with E-state index in [0.717, 1.165) is 17.2 Å². The van der Waals surface area contributed by atoms with E-state index < -0.39 is 0 Å². The molecule has 16 heavy (non-hydrogen) atoms. The Morgan fingerprint density at radius 1 is 1.62 bits per heavy atom. The third-order valence-electron chi connectivity index (χ3n) is 2.10. The average molecular weight is 239 g/mol. The van der Waals surface area contributed by atoms with Crippen LogP contribution in [0.4, 0.5) is 0 Å². The second kappa shape index (κ2) is 5.23. The van der Waals surface area contributed by atoms with Crippen LogP contribution in [-0.4, -0.2) is 25.7 Å². The van der Waals surface area contributed by atoms with Gasteiger partial charge < -0.3 is 9.47 Å². The van der Waals surface area contributed by atoms with Crippen molar-refractivity contribution < 1.29 is 14.3 Å². The number of rotatable bonds is 2. The van der Waals surface area contributed by atoms with Gasteiger partial charge in [-0.3, -0.25) is 4.72 Å². The molecular weight excluding hydrogens is 226 g/mol. The predicted molar refractivity (Wildman–Crippen MR) is 61.8 cm³/mol. The molecule has 0 aromatic heterocycles. The Labute approximate surface area is 98.4 Å². The zero-order chi connectivity index (χ0) is 11.4. The molecule has 0 unspecified atom stereocenters. The monoisotopic (exact) mass is 239 g/mol. The van der Waals surface area contributed by atoms with Gasteiger partial charge in [0, 0.05) is 6.54 Å². The zero-order valence-electron chi connectivity index (χ0n) is 8.99. The van der Waals surface area contributed by atoms with Crippen LogP contribution in [0.5, 0.6) is 5.75 Å². The van der Waals surface area contributed by atoms with Crippen molar-refractivity contribution in [3.8, 4) is 5.75 Å². The summed E-state index contributed by atoms with van der Waals surface area (Å²) in [6, 6.07) is 5.32. The van der Waals surface area contributed by atoms with Gasteiger partial charge in [-0.15, -0.1) is 0 Å². The molecule has 0 fully saturated rings. The second-order valence-electron chi connectivity index (χ2n) is 3.23. The minimum absolute atomic E-state index is 0.296. The van der Waals surface area contributed by atoms with Gasteiger partial charge >= 0.3 is 5.97 Å². The summed E-state index contributed by atoms with van der Waals surface area (Å²) in [5.41, 5.74) is 0.556. The van der Waals surface area contributed by atoms with Crippen LogP contribution in [0.1, 0.15) is 17.3 Å². The number of hydrogen-bond acceptors (Lipinski definition) is 5. The molecule has 0 bridgehead atoms. The van der Waals surface area contributed by atoms with E-state index in [9.17, 15) is 4.79 Å². The molecule has 0 saturated heterocycles. The molecule has 86 valence electrons. The standard InChI is InChI=1S/C11H13NO3S/c1-2-14-11(13)8-3-4-9-10(7-8)16-12-5-6-15-9/h3-4,7,12H,2,5-6H2,1H3. The summed E-state index contributed by atoms with van der Waals surface area (Å²) in [6.45, 7) is 3.60. The van der Waals surface area contributed by atoms with Gasteiger partial charge in [0.2, 0.25) is 0 Å². The van der Waals surface area contributed by atoms with Gasteiger partial charge in [-0.05, 0) is 37.1 Å². The smallest absolute Gasteiger partial charge is 0.338 e. The van der Waals surface area contributed by atoms with E-state index in [4.69, 9.17) is 9.47 Å². The van der Waals surface area contributed by atoms with Gasteiger partial charge in [0.05, 0.1) is 17.1 Å². The van der Waals surface area contributed by atoms with Crippen LogP contribution in [0.2, 0.25) is 0 Å². The third-order valence-corrected chi connectivity index (χ3v) is 2.99. The molecular formula is C11H13NO3S. The molecule has 1 aromatic carbocycles. The highest BCUT2D eigenvalue weighted by atomic mass is 32.2. The fraction of sp³-hybridized carbons (Fsp3) is 0.364. The topological polar surface area (TPSA) is 47.6 Å². The van der Waals surface area contributed by atoms with Crippen LogP contribution in [0, 0.1) is 0 Å². The largest absolute Gasteiger partial charge is 0.491 e. The molecule has 4 nitrogen and oxygen atoms in total. The first-order valence-electron chi connectivity index (χ1n) is 5.15. The number of hydrogen-bond donors (Lipinski definition) is 1. The van der Waals surface area contributed by atoms with Crippen LogP contribution in [-0.2, 0) is 4.74 Å². The molecule has 1 heterocycles. The van der Waals surface area contributed by atoms with E-state index in [1.165, 1.54) is 11.9 Å². The molecule has 1 N–H and O–H groups in total. The Morgan fingerprint density at radius 2 is 2.50 bits per heavy atom. The fourth-order valence-electron chi connectivity index (χ4n) is 1.38. The van der Waals surface area contributed by atoms with Gasteiger partial charge in [-0.25, -0.2) is 4.79 Å². The number of ether oxygens (including phenoxy) is 2. The second-order valence-corrected chi connectivity index (χ2v) is 4.16. The lowest BCUT2D eigenvalue weighted by Gasteiger charge is -2.07. The molecule has 0 radical (unpaired) electrons. The van der Waals surface area contributed by atoms with Gasteiger partial charge in [0.1, 0.15) is 12.4 Å². The van der Waals surface area contributed by atoms with Crippen molar-refractivity contribution in [2.75, 3.05) is 19.8 Å². The molecule has 0 atom stereocenters. The molecule has 1 aliphatic rings. The first-order chi connectivity index (χ1) is 7.81. The Hall–Kier alpha value is -1.20. The molecule has 0 amide bonds. The predicted octanol–water partition coefficient (Wildman–Crippen LogP) is 1.85. The van der Waals surface area contributed by atoms with Crippen molar-refractivity contribution in [3.05, 3.63) is 23.8 Å². The number of esters is 1. The summed E-state index contributed by atoms with van der Waals surface area (Å²) >= 11 is 1.48. The number of benzene rings is 1. The highest BCUT2D eigenvalue weighted by Crippen LogP contribution is 2.30. The van der Waals surface area contributed by atoms with Crippen LogP contribution in [0.3, 0.4) is 0 Å². The normalized spacial score (nSPS) is 14.6. The van der Waals surface area contributed by atoms with Gasteiger partial charge in [-0.1, -0.05) is 0 Å². The lowest BCUT2D eigenvalue weighted by molar-refractivity contribution is 0.0526. The summed E-state index contributed by atoms with van der Waals surface area (Å²) < 4.78 is 13.6. The van der Waals surface area contributed by atoms with E-state index in [0.29, 0.717) is 18.8 Å². The minimum Gasteiger partial charge on any atom is -0.491 e. The summed E-state index contributed by atoms with van der Waals surface area (Å²) in [7, 11) is 0. The Bertz CT molecular complexity index is 395. The molecule has 1 aromatic rings. The molecule has 0 aliphatic carbocycles. The Balaban J connectivity index is 2.23. The van der Waals surface area contributed by atoms with Crippen LogP contribution < -0.4 is 9.46 Å². The maximum Gasteiger partial charge on any atom is 0.338 e. The number of carbonyl (C=O) groups excluding carboxylic acids is 1. The van der Waals surface area contributed by atoms with Gasteiger partial charge in [0.15, 0.2) is 0 Å². The Morgan fingerprint density at radius 3 is 3.31 bits per heavy atom. The van der Waals surface area contributed by atoms with Crippen molar-refractivity contribution in [1.82, 2.24) is 4.72 Å². The van der Waals surface area contributed by atoms with Crippen LogP contribution >= 0.6 is 11.9 Å². The molecule has 0 spiro atoms. The zero-order valence-corrected chi connectivity index (χ0v) is 9.80. The molecule has 0 saturated carbocycles. The maximum atomic E-state index is 11.5. The minimum atomic E-state index is -0.296. The third kappa shape index (κ3) is 2.48. The summed E-state index contributed by atoms with van der Waals surface area (Å²) in [5, 5.41) is 0. The quantitative estimate of drug-likeness (QED) is 0.630. The van der Waals surface area contributed by atoms with Crippen molar-refractivity contribution in [2.24, 2.45) is 0 Å². The van der Waals surface area contributed by atoms with E-state index in [2.05, 4.69) is 4.72 Å². The van der Waals surface area contributed by atoms with Crippen LogP contribution in [0.15, 0.2) is 23.1 Å². The van der Waals surface area contributed by atoms with E-state index in [1.54, 1.807) is 19.1 Å². The van der Waals surface area contributed by atoms with Crippen molar-refractivity contribution in [2.45, 2.75) is 11.8 Å². The maximum absolute atomic E-state index is 11.5. The highest BCUT2D eigenvalue weighted by molar-refractivity contribution is 7.97. The van der Waals surface area contributed by atoms with Crippen molar-refractivity contribution in [1.29, 1.82) is 0 Å². The summed E-state index contributed by atoms with van der Waals surface area (Å²) in [6.07, 6.45) is 0. The summed E-state index contributed by atoms with van der Waals surface area (Å²) in [5.74, 6) is 0.512. The fourth-order valence-corrected chi connectivity index (χ4v) is 2.13. The molecule has 2 rings (SSSR count). The SMILES string of the molecule is CCOC(=O)c1ccc2c(c1)SNCCO2. The van der Waals surface area contributed by atoms with Gasteiger partial charge in [-0.2, -0.15) is 0 Å².